The number of oxazole rings is 1. The molecule has 2 N–H and O–H groups in total. The Hall–Kier alpha value is -2.15. The van der Waals surface area contributed by atoms with Crippen molar-refractivity contribution < 1.29 is 14.0 Å². The second-order valence-corrected chi connectivity index (χ2v) is 5.82. The number of hydrogen-bond acceptors (Lipinski definition) is 4. The number of nitrogens with one attached hydrogen (secondary N) is 2. The van der Waals surface area contributed by atoms with Gasteiger partial charge < -0.3 is 19.6 Å². The first kappa shape index (κ1) is 14.8. The van der Waals surface area contributed by atoms with Crippen LogP contribution in [0.25, 0.3) is 11.1 Å². The number of likely N-dealkylation sites (tertiary alicyclic amines) is 1. The average Bonchev–Trinajstić information content (AvgIpc) is 3.13. The van der Waals surface area contributed by atoms with Gasteiger partial charge in [-0.2, -0.15) is 0 Å². The van der Waals surface area contributed by atoms with Gasteiger partial charge in [-0.1, -0.05) is 0 Å². The van der Waals surface area contributed by atoms with Crippen LogP contribution in [0.5, 0.6) is 0 Å². The van der Waals surface area contributed by atoms with Crippen LogP contribution < -0.4 is 5.32 Å². The van der Waals surface area contributed by atoms with Crippen molar-refractivity contribution in [2.45, 2.75) is 25.8 Å². The van der Waals surface area contributed by atoms with E-state index in [0.717, 1.165) is 31.4 Å². The predicted molar refractivity (Wildman–Crippen MR) is 84.1 cm³/mol. The summed E-state index contributed by atoms with van der Waals surface area (Å²) in [5, 5.41) is 2.74. The van der Waals surface area contributed by atoms with Crippen LogP contribution >= 0.6 is 12.2 Å². The van der Waals surface area contributed by atoms with Crippen LogP contribution in [0.2, 0.25) is 0 Å². The lowest BCUT2D eigenvalue weighted by molar-refractivity contribution is -0.131. The van der Waals surface area contributed by atoms with E-state index >= 15 is 0 Å². The minimum Gasteiger partial charge on any atom is -0.429 e. The molecular weight excluding hydrogens is 302 g/mol. The average molecular weight is 319 g/mol. The predicted octanol–water partition coefficient (Wildman–Crippen LogP) is 2.23. The van der Waals surface area contributed by atoms with Gasteiger partial charge in [0.05, 0.1) is 5.52 Å². The summed E-state index contributed by atoms with van der Waals surface area (Å²) in [4.78, 5) is 29.4. The third kappa shape index (κ3) is 2.89. The summed E-state index contributed by atoms with van der Waals surface area (Å²) >= 11 is 4.91. The van der Waals surface area contributed by atoms with Gasteiger partial charge in [-0.25, -0.2) is 0 Å². The van der Waals surface area contributed by atoms with Gasteiger partial charge in [0.1, 0.15) is 6.04 Å². The number of rotatable bonds is 3. The maximum absolute atomic E-state index is 12.3. The molecule has 116 valence electrons. The van der Waals surface area contributed by atoms with E-state index in [4.69, 9.17) is 16.6 Å². The van der Waals surface area contributed by atoms with Gasteiger partial charge in [-0.3, -0.25) is 9.59 Å². The molecule has 1 aliphatic heterocycles. The first-order valence-corrected chi connectivity index (χ1v) is 7.68. The molecule has 1 atom stereocenters. The molecule has 1 unspecified atom stereocenters. The summed E-state index contributed by atoms with van der Waals surface area (Å²) in [6, 6.07) is 4.48. The Balaban J connectivity index is 1.71. The Morgan fingerprint density at radius 1 is 1.36 bits per heavy atom. The van der Waals surface area contributed by atoms with Gasteiger partial charge in [0.15, 0.2) is 5.58 Å². The van der Waals surface area contributed by atoms with E-state index in [0.29, 0.717) is 11.1 Å². The normalized spacial score (nSPS) is 16.0. The largest absolute Gasteiger partial charge is 0.429 e. The van der Waals surface area contributed by atoms with Crippen molar-refractivity contribution in [1.82, 2.24) is 15.2 Å². The van der Waals surface area contributed by atoms with Gasteiger partial charge >= 0.3 is 0 Å². The van der Waals surface area contributed by atoms with Gasteiger partial charge in [0, 0.05) is 18.7 Å². The van der Waals surface area contributed by atoms with Crippen molar-refractivity contribution in [1.29, 1.82) is 0 Å². The first-order chi connectivity index (χ1) is 10.5. The van der Waals surface area contributed by atoms with E-state index in [1.807, 2.05) is 0 Å². The van der Waals surface area contributed by atoms with Crippen molar-refractivity contribution in [2.75, 3.05) is 13.1 Å². The molecule has 0 radical (unpaired) electrons. The van der Waals surface area contributed by atoms with Crippen LogP contribution in [-0.4, -0.2) is 40.8 Å². The highest BCUT2D eigenvalue weighted by Crippen LogP contribution is 2.16. The Labute approximate surface area is 132 Å². The fourth-order valence-corrected chi connectivity index (χ4v) is 2.84. The van der Waals surface area contributed by atoms with E-state index < -0.39 is 6.04 Å². The number of hydrogen-bond donors (Lipinski definition) is 2. The molecule has 1 aromatic heterocycles. The molecule has 1 aromatic carbocycles. The highest BCUT2D eigenvalue weighted by atomic mass is 32.1. The van der Waals surface area contributed by atoms with Gasteiger partial charge in [0.25, 0.3) is 10.7 Å². The number of carbonyl (C=O) groups is 2. The molecule has 1 saturated heterocycles. The van der Waals surface area contributed by atoms with E-state index in [-0.39, 0.29) is 16.7 Å². The fraction of sp³-hybridized carbons (Fsp3) is 0.400. The summed E-state index contributed by atoms with van der Waals surface area (Å²) in [7, 11) is 0. The van der Waals surface area contributed by atoms with E-state index in [2.05, 4.69) is 10.3 Å². The molecule has 3 rings (SSSR count). The second kappa shape index (κ2) is 5.92. The summed E-state index contributed by atoms with van der Waals surface area (Å²) in [6.07, 6.45) is 2.06. The molecule has 0 spiro atoms. The molecule has 7 heteroatoms. The quantitative estimate of drug-likeness (QED) is 0.851. The lowest BCUT2D eigenvalue weighted by atomic mass is 10.1. The Bertz CT molecular complexity index is 774. The smallest absolute Gasteiger partial charge is 0.266 e. The molecule has 0 saturated carbocycles. The lowest BCUT2D eigenvalue weighted by Gasteiger charge is -2.21. The highest BCUT2D eigenvalue weighted by molar-refractivity contribution is 7.71. The van der Waals surface area contributed by atoms with Crippen molar-refractivity contribution in [2.24, 2.45) is 0 Å². The van der Waals surface area contributed by atoms with Crippen LogP contribution in [0, 0.1) is 4.84 Å². The SMILES string of the molecule is CC(NC(=O)c1ccc2[nH]c(=S)oc2c1)C(=O)N1CCCC1. The standard InChI is InChI=1S/C15H17N3O3S/c1-9(14(20)18-6-2-3-7-18)16-13(19)10-4-5-11-12(8-10)21-15(22)17-11/h4-5,8-9H,2-3,6-7H2,1H3,(H,16,19)(H,17,22). The third-order valence-corrected chi connectivity index (χ3v) is 4.00. The van der Waals surface area contributed by atoms with Gasteiger partial charge in [-0.05, 0) is 50.2 Å². The molecule has 0 aliphatic carbocycles. The van der Waals surface area contributed by atoms with Crippen LogP contribution in [0.4, 0.5) is 0 Å². The summed E-state index contributed by atoms with van der Waals surface area (Å²) < 4.78 is 5.30. The first-order valence-electron chi connectivity index (χ1n) is 7.27. The number of carbonyl (C=O) groups excluding carboxylic acids is 2. The topological polar surface area (TPSA) is 78.3 Å². The summed E-state index contributed by atoms with van der Waals surface area (Å²) in [5.74, 6) is -0.338. The number of aromatic amines is 1. The second-order valence-electron chi connectivity index (χ2n) is 5.45. The van der Waals surface area contributed by atoms with Crippen molar-refractivity contribution in [3.63, 3.8) is 0 Å². The number of H-pyrrole nitrogens is 1. The third-order valence-electron chi connectivity index (χ3n) is 3.82. The molecule has 2 heterocycles. The molecule has 1 fully saturated rings. The van der Waals surface area contributed by atoms with E-state index in [1.54, 1.807) is 30.0 Å². The van der Waals surface area contributed by atoms with E-state index in [9.17, 15) is 9.59 Å². The Morgan fingerprint density at radius 2 is 2.09 bits per heavy atom. The maximum Gasteiger partial charge on any atom is 0.266 e. The molecular formula is C15H17N3O3S. The highest BCUT2D eigenvalue weighted by Gasteiger charge is 2.24. The van der Waals surface area contributed by atoms with Crippen molar-refractivity contribution in [3.8, 4) is 0 Å². The number of fused-ring (bicyclic) bond motifs is 1. The Morgan fingerprint density at radius 3 is 2.82 bits per heavy atom. The number of amides is 2. The molecule has 6 nitrogen and oxygen atoms in total. The zero-order valence-electron chi connectivity index (χ0n) is 12.2. The van der Waals surface area contributed by atoms with Crippen molar-refractivity contribution in [3.05, 3.63) is 28.6 Å². The van der Waals surface area contributed by atoms with Gasteiger partial charge in [0.2, 0.25) is 5.91 Å². The van der Waals surface area contributed by atoms with Crippen LogP contribution in [0.1, 0.15) is 30.1 Å². The molecule has 2 aromatic rings. The minimum atomic E-state index is -0.543. The number of benzene rings is 1. The molecule has 2 amide bonds. The summed E-state index contributed by atoms with van der Waals surface area (Å²) in [6.45, 7) is 3.25. The Kier molecular flexibility index (Phi) is 3.98. The molecule has 0 bridgehead atoms. The zero-order chi connectivity index (χ0) is 15.7. The zero-order valence-corrected chi connectivity index (χ0v) is 13.0. The minimum absolute atomic E-state index is 0.0360. The molecule has 22 heavy (non-hydrogen) atoms. The van der Waals surface area contributed by atoms with Crippen LogP contribution in [-0.2, 0) is 4.79 Å². The number of aromatic nitrogens is 1. The monoisotopic (exact) mass is 319 g/mol. The van der Waals surface area contributed by atoms with Gasteiger partial charge in [-0.15, -0.1) is 0 Å². The fourth-order valence-electron chi connectivity index (χ4n) is 2.64. The lowest BCUT2D eigenvalue weighted by Crippen LogP contribution is -2.45. The van der Waals surface area contributed by atoms with Crippen molar-refractivity contribution >= 4 is 35.1 Å². The molecule has 1 aliphatic rings. The van der Waals surface area contributed by atoms with Crippen LogP contribution in [0.15, 0.2) is 22.6 Å². The maximum atomic E-state index is 12.3. The van der Waals surface area contributed by atoms with E-state index in [1.165, 1.54) is 0 Å². The summed E-state index contributed by atoms with van der Waals surface area (Å²) in [5.41, 5.74) is 1.70. The van der Waals surface area contributed by atoms with Crippen LogP contribution in [0.3, 0.4) is 0 Å². The number of nitrogens with zero attached hydrogens (tertiary/aromatic N) is 1.